The molecule has 34 heavy (non-hydrogen) atoms. The van der Waals surface area contributed by atoms with E-state index >= 15 is 0 Å². The zero-order valence-corrected chi connectivity index (χ0v) is 23.0. The van der Waals surface area contributed by atoms with Gasteiger partial charge in [0, 0.05) is 38.8 Å². The molecule has 11 heteroatoms. The van der Waals surface area contributed by atoms with Gasteiger partial charge in [0.1, 0.15) is 0 Å². The van der Waals surface area contributed by atoms with Crippen molar-refractivity contribution in [2.75, 3.05) is 19.3 Å². The van der Waals surface area contributed by atoms with E-state index in [2.05, 4.69) is 10.6 Å². The number of halogens is 1. The van der Waals surface area contributed by atoms with E-state index in [0.29, 0.717) is 64.5 Å². The molecule has 0 radical (unpaired) electrons. The van der Waals surface area contributed by atoms with Crippen LogP contribution < -0.4 is 10.6 Å². The van der Waals surface area contributed by atoms with Crippen LogP contribution in [-0.4, -0.2) is 68.7 Å². The molecule has 2 N–H and O–H groups in total. The Morgan fingerprint density at radius 2 is 1.71 bits per heavy atom. The van der Waals surface area contributed by atoms with Crippen LogP contribution in [0.2, 0.25) is 0 Å². The number of hydrogen-bond donors (Lipinski definition) is 2. The summed E-state index contributed by atoms with van der Waals surface area (Å²) in [4.78, 5) is 71.9. The van der Waals surface area contributed by atoms with Gasteiger partial charge in [0.15, 0.2) is 9.57 Å². The second-order valence-electron chi connectivity index (χ2n) is 8.41. The summed E-state index contributed by atoms with van der Waals surface area (Å²) >= 11 is 3.10. The Hall–Kier alpha value is -1.50. The number of rotatable bonds is 18. The molecule has 1 aliphatic heterocycles. The van der Waals surface area contributed by atoms with Crippen LogP contribution in [0, 0.1) is 0 Å². The maximum atomic E-state index is 12.1. The highest BCUT2D eigenvalue weighted by Crippen LogP contribution is 2.23. The van der Waals surface area contributed by atoms with Crippen molar-refractivity contribution >= 4 is 67.6 Å². The molecule has 192 valence electrons. The fraction of sp³-hybridized carbons (Fsp3) is 0.739. The van der Waals surface area contributed by atoms with Crippen LogP contribution in [0.5, 0.6) is 0 Å². The van der Waals surface area contributed by atoms with Gasteiger partial charge < -0.3 is 10.6 Å². The van der Waals surface area contributed by atoms with Crippen LogP contribution >= 0.6 is 34.4 Å². The molecule has 0 aromatic rings. The van der Waals surface area contributed by atoms with Crippen LogP contribution in [0.15, 0.2) is 0 Å². The normalized spacial score (nSPS) is 16.4. The molecule has 1 fully saturated rings. The molecule has 0 bridgehead atoms. The van der Waals surface area contributed by atoms with Crippen molar-refractivity contribution in [3.63, 3.8) is 0 Å². The maximum absolute atomic E-state index is 12.1. The van der Waals surface area contributed by atoms with Gasteiger partial charge in [-0.25, -0.2) is 0 Å². The molecule has 1 aliphatic rings. The largest absolute Gasteiger partial charge is 0.356 e. The SMILES string of the molecule is CSC1CC(=O)N(CCCCCC(=O)NCCCC[C@H](NC(=O)CCCC(=O)I)C(C)=O)C1=O. The molecular weight excluding hydrogens is 573 g/mol. The highest BCUT2D eigenvalue weighted by atomic mass is 127. The molecule has 4 amide bonds. The lowest BCUT2D eigenvalue weighted by atomic mass is 10.1. The molecule has 0 aliphatic carbocycles. The maximum Gasteiger partial charge on any atom is 0.242 e. The lowest BCUT2D eigenvalue weighted by Crippen LogP contribution is -2.39. The van der Waals surface area contributed by atoms with Crippen molar-refractivity contribution < 1.29 is 28.8 Å². The van der Waals surface area contributed by atoms with Crippen LogP contribution in [0.1, 0.15) is 77.6 Å². The standard InChI is InChI=1S/C23H36IN3O6S/c1-16(28)17(26-21(31)12-8-10-19(24)29)9-5-6-13-25-20(30)11-4-3-7-14-27-22(32)15-18(34-2)23(27)33/h17-18H,3-15H2,1-2H3,(H,25,30)(H,26,31)/t17-,18?/m0/s1. The highest BCUT2D eigenvalue weighted by Gasteiger charge is 2.37. The van der Waals surface area contributed by atoms with Crippen molar-refractivity contribution in [3.8, 4) is 0 Å². The number of unbranched alkanes of at least 4 members (excludes halogenated alkanes) is 3. The molecule has 1 heterocycles. The summed E-state index contributed by atoms with van der Waals surface area (Å²) in [6, 6.07) is -0.543. The zero-order valence-electron chi connectivity index (χ0n) is 20.0. The number of Topliss-reactive ketones (excluding diaryl/α,β-unsaturated/α-hetero) is 1. The van der Waals surface area contributed by atoms with Crippen LogP contribution in [0.25, 0.3) is 0 Å². The van der Waals surface area contributed by atoms with Gasteiger partial charge >= 0.3 is 0 Å². The van der Waals surface area contributed by atoms with E-state index < -0.39 is 6.04 Å². The third kappa shape index (κ3) is 12.3. The molecule has 9 nitrogen and oxygen atoms in total. The van der Waals surface area contributed by atoms with Crippen molar-refractivity contribution in [2.45, 2.75) is 88.8 Å². The van der Waals surface area contributed by atoms with E-state index in [9.17, 15) is 28.8 Å². The lowest BCUT2D eigenvalue weighted by molar-refractivity contribution is -0.138. The number of likely N-dealkylation sites (tertiary alicyclic amines) is 1. The first-order valence-corrected chi connectivity index (χ1v) is 14.1. The number of nitrogens with one attached hydrogen (secondary N) is 2. The summed E-state index contributed by atoms with van der Waals surface area (Å²) in [5.41, 5.74) is 0. The second kappa shape index (κ2) is 17.0. The first-order valence-electron chi connectivity index (χ1n) is 11.8. The minimum absolute atomic E-state index is 0.00924. The fourth-order valence-electron chi connectivity index (χ4n) is 3.63. The Morgan fingerprint density at radius 1 is 1.00 bits per heavy atom. The summed E-state index contributed by atoms with van der Waals surface area (Å²) in [6.07, 6.45) is 7.57. The minimum atomic E-state index is -0.543. The predicted molar refractivity (Wildman–Crippen MR) is 139 cm³/mol. The molecule has 0 aromatic carbocycles. The lowest BCUT2D eigenvalue weighted by Gasteiger charge is -2.16. The average molecular weight is 610 g/mol. The highest BCUT2D eigenvalue weighted by molar-refractivity contribution is 14.1. The van der Waals surface area contributed by atoms with E-state index in [4.69, 9.17) is 0 Å². The third-order valence-corrected chi connectivity index (χ3v) is 7.09. The van der Waals surface area contributed by atoms with Gasteiger partial charge in [0.2, 0.25) is 23.6 Å². The summed E-state index contributed by atoms with van der Waals surface area (Å²) in [7, 11) is 0. The molecule has 1 rings (SSSR count). The smallest absolute Gasteiger partial charge is 0.242 e. The Balaban J connectivity index is 2.11. The number of amides is 4. The first kappa shape index (κ1) is 30.5. The van der Waals surface area contributed by atoms with Crippen LogP contribution in [-0.2, 0) is 28.8 Å². The van der Waals surface area contributed by atoms with Crippen molar-refractivity contribution in [3.05, 3.63) is 0 Å². The summed E-state index contributed by atoms with van der Waals surface area (Å²) in [5, 5.41) is 5.33. The van der Waals surface area contributed by atoms with E-state index in [1.54, 1.807) is 22.6 Å². The number of thioether (sulfide) groups is 1. The van der Waals surface area contributed by atoms with Crippen LogP contribution in [0.4, 0.5) is 0 Å². The molecule has 1 unspecified atom stereocenters. The Morgan fingerprint density at radius 3 is 2.32 bits per heavy atom. The zero-order chi connectivity index (χ0) is 25.5. The minimum Gasteiger partial charge on any atom is -0.356 e. The number of ketones is 1. The van der Waals surface area contributed by atoms with Gasteiger partial charge in [-0.2, -0.15) is 11.8 Å². The molecular formula is C23H36IN3O6S. The van der Waals surface area contributed by atoms with E-state index in [-0.39, 0.29) is 51.3 Å². The summed E-state index contributed by atoms with van der Waals surface area (Å²) in [5.74, 6) is -0.592. The van der Waals surface area contributed by atoms with Gasteiger partial charge in [-0.3, -0.25) is 33.7 Å². The number of hydrogen-bond acceptors (Lipinski definition) is 7. The second-order valence-corrected chi connectivity index (χ2v) is 10.7. The molecule has 0 aromatic heterocycles. The van der Waals surface area contributed by atoms with Crippen molar-refractivity contribution in [1.82, 2.24) is 15.5 Å². The number of nitrogens with zero attached hydrogens (tertiary/aromatic N) is 1. The molecule has 2 atom stereocenters. The number of carbonyl (C=O) groups excluding carboxylic acids is 6. The summed E-state index contributed by atoms with van der Waals surface area (Å²) < 4.78 is 0.00924. The first-order chi connectivity index (χ1) is 16.1. The van der Waals surface area contributed by atoms with Gasteiger partial charge in [-0.15, -0.1) is 0 Å². The quantitative estimate of drug-likeness (QED) is 0.106. The Bertz CT molecular complexity index is 748. The fourth-order valence-corrected chi connectivity index (χ4v) is 4.64. The van der Waals surface area contributed by atoms with Crippen molar-refractivity contribution in [1.29, 1.82) is 0 Å². The average Bonchev–Trinajstić information content (AvgIpc) is 3.04. The van der Waals surface area contributed by atoms with Crippen molar-refractivity contribution in [2.24, 2.45) is 0 Å². The molecule has 1 saturated heterocycles. The van der Waals surface area contributed by atoms with Gasteiger partial charge in [-0.1, -0.05) is 6.42 Å². The Kier molecular flexibility index (Phi) is 15.3. The van der Waals surface area contributed by atoms with E-state index in [1.807, 2.05) is 6.26 Å². The van der Waals surface area contributed by atoms with Crippen LogP contribution in [0.3, 0.4) is 0 Å². The molecule has 0 saturated carbocycles. The van der Waals surface area contributed by atoms with Gasteiger partial charge in [-0.05, 0) is 74.3 Å². The monoisotopic (exact) mass is 609 g/mol. The summed E-state index contributed by atoms with van der Waals surface area (Å²) in [6.45, 7) is 2.36. The number of carbonyl (C=O) groups is 6. The Labute approximate surface area is 219 Å². The topological polar surface area (TPSA) is 130 Å². The van der Waals surface area contributed by atoms with Gasteiger partial charge in [0.05, 0.1) is 11.3 Å². The van der Waals surface area contributed by atoms with Gasteiger partial charge in [0.25, 0.3) is 0 Å². The predicted octanol–water partition coefficient (Wildman–Crippen LogP) is 2.53. The number of imide groups is 1. The third-order valence-electron chi connectivity index (χ3n) is 5.62. The molecule has 0 spiro atoms. The van der Waals surface area contributed by atoms with E-state index in [1.165, 1.54) is 23.6 Å². The van der Waals surface area contributed by atoms with E-state index in [0.717, 1.165) is 6.42 Å².